The van der Waals surface area contributed by atoms with Gasteiger partial charge < -0.3 is 44.5 Å². The van der Waals surface area contributed by atoms with E-state index in [1.165, 1.54) is 14.0 Å². The fourth-order valence-corrected chi connectivity index (χ4v) is 2.31. The van der Waals surface area contributed by atoms with Crippen LogP contribution in [0.5, 0.6) is 34.5 Å². The molecule has 2 unspecified atom stereocenters. The first kappa shape index (κ1) is 22.6. The predicted octanol–water partition coefficient (Wildman–Crippen LogP) is 2.16. The third-order valence-electron chi connectivity index (χ3n) is 3.79. The van der Waals surface area contributed by atoms with Gasteiger partial charge in [0, 0.05) is 7.11 Å². The molecule has 0 saturated heterocycles. The van der Waals surface area contributed by atoms with Gasteiger partial charge in [-0.25, -0.2) is 9.59 Å². The summed E-state index contributed by atoms with van der Waals surface area (Å²) in [5, 5.41) is 48.5. The molecule has 11 heteroatoms. The third kappa shape index (κ3) is 5.21. The normalized spacial score (nSPS) is 12.8. The van der Waals surface area contributed by atoms with E-state index in [1.807, 2.05) is 0 Å². The number of methoxy groups -OCH3 is 1. The average molecular weight is 424 g/mol. The van der Waals surface area contributed by atoms with Gasteiger partial charge in [0.25, 0.3) is 0 Å². The van der Waals surface area contributed by atoms with Gasteiger partial charge in [0.2, 0.25) is 11.5 Å². The molecule has 2 aromatic rings. The number of rotatable bonds is 8. The van der Waals surface area contributed by atoms with Crippen LogP contribution >= 0.6 is 0 Å². The number of hydrogen-bond donors (Lipinski definition) is 5. The van der Waals surface area contributed by atoms with Crippen LogP contribution < -0.4 is 9.47 Å². The fraction of sp³-hybridized carbons (Fsp3) is 0.263. The predicted molar refractivity (Wildman–Crippen MR) is 99.1 cm³/mol. The Labute approximate surface area is 170 Å². The van der Waals surface area contributed by atoms with Crippen molar-refractivity contribution >= 4 is 11.9 Å². The van der Waals surface area contributed by atoms with E-state index in [0.717, 1.165) is 24.3 Å². The summed E-state index contributed by atoms with van der Waals surface area (Å²) < 4.78 is 20.3. The molecule has 0 aliphatic heterocycles. The van der Waals surface area contributed by atoms with E-state index in [1.54, 1.807) is 6.92 Å². The number of aromatic carboxylic acids is 1. The van der Waals surface area contributed by atoms with Gasteiger partial charge >= 0.3 is 11.9 Å². The maximum atomic E-state index is 12.3. The number of benzene rings is 2. The van der Waals surface area contributed by atoms with Crippen molar-refractivity contribution in [2.24, 2.45) is 0 Å². The molecule has 0 aliphatic rings. The van der Waals surface area contributed by atoms with Crippen LogP contribution in [0.15, 0.2) is 24.3 Å². The highest BCUT2D eigenvalue weighted by atomic mass is 16.8. The summed E-state index contributed by atoms with van der Waals surface area (Å²) in [6.45, 7) is 3.09. The van der Waals surface area contributed by atoms with Crippen LogP contribution in [-0.4, -0.2) is 57.2 Å². The number of esters is 1. The van der Waals surface area contributed by atoms with Crippen molar-refractivity contribution in [2.75, 3.05) is 7.11 Å². The van der Waals surface area contributed by atoms with Crippen molar-refractivity contribution in [2.45, 2.75) is 26.4 Å². The van der Waals surface area contributed by atoms with Crippen molar-refractivity contribution in [3.05, 3.63) is 35.4 Å². The standard InChI is InChI=1S/C19H20O11/c1-8(27-3)28-9(2)29-17-13(21)5-11(6-14(17)22)19(26)30-15-7-10(18(24)25)4-12(20)16(15)23/h4-9,20-23H,1-3H3,(H,24,25). The number of carboxylic acid groups (broad SMARTS) is 1. The highest BCUT2D eigenvalue weighted by molar-refractivity contribution is 5.94. The number of phenolic OH excluding ortho intramolecular Hbond substituents is 4. The van der Waals surface area contributed by atoms with Crippen LogP contribution in [0.25, 0.3) is 0 Å². The number of phenols is 4. The Balaban J connectivity index is 2.25. The Morgan fingerprint density at radius 3 is 1.97 bits per heavy atom. The molecule has 0 aliphatic carbocycles. The molecule has 11 nitrogen and oxygen atoms in total. The molecule has 0 radical (unpaired) electrons. The first-order chi connectivity index (χ1) is 14.0. The van der Waals surface area contributed by atoms with Crippen LogP contribution in [0, 0.1) is 0 Å². The highest BCUT2D eigenvalue weighted by Crippen LogP contribution is 2.40. The number of carboxylic acids is 1. The maximum Gasteiger partial charge on any atom is 0.343 e. The molecule has 2 rings (SSSR count). The fourth-order valence-electron chi connectivity index (χ4n) is 2.31. The second kappa shape index (κ2) is 9.20. The van der Waals surface area contributed by atoms with E-state index in [0.29, 0.717) is 0 Å². The molecule has 5 N–H and O–H groups in total. The lowest BCUT2D eigenvalue weighted by Crippen LogP contribution is -2.23. The minimum absolute atomic E-state index is 0.351. The lowest BCUT2D eigenvalue weighted by Gasteiger charge is -2.20. The van der Waals surface area contributed by atoms with E-state index in [-0.39, 0.29) is 11.3 Å². The van der Waals surface area contributed by atoms with Crippen molar-refractivity contribution in [1.82, 2.24) is 0 Å². The van der Waals surface area contributed by atoms with E-state index >= 15 is 0 Å². The Morgan fingerprint density at radius 1 is 0.867 bits per heavy atom. The molecule has 30 heavy (non-hydrogen) atoms. The van der Waals surface area contributed by atoms with Crippen molar-refractivity contribution in [3.8, 4) is 34.5 Å². The van der Waals surface area contributed by atoms with E-state index in [9.17, 15) is 30.0 Å². The summed E-state index contributed by atoms with van der Waals surface area (Å²) in [5.74, 6) is -6.50. The summed E-state index contributed by atoms with van der Waals surface area (Å²) in [5.41, 5.74) is -0.794. The zero-order valence-corrected chi connectivity index (χ0v) is 16.1. The molecule has 0 spiro atoms. The number of aromatic hydroxyl groups is 4. The average Bonchev–Trinajstić information content (AvgIpc) is 2.67. The topological polar surface area (TPSA) is 172 Å². The van der Waals surface area contributed by atoms with Gasteiger partial charge in [0.15, 0.2) is 35.6 Å². The molecular weight excluding hydrogens is 404 g/mol. The molecule has 0 saturated carbocycles. The van der Waals surface area contributed by atoms with Crippen LogP contribution in [-0.2, 0) is 9.47 Å². The molecule has 162 valence electrons. The smallest absolute Gasteiger partial charge is 0.343 e. The third-order valence-corrected chi connectivity index (χ3v) is 3.79. The molecule has 0 amide bonds. The Hall–Kier alpha value is -3.70. The second-order valence-corrected chi connectivity index (χ2v) is 6.01. The minimum Gasteiger partial charge on any atom is -0.504 e. The Morgan fingerprint density at radius 2 is 1.43 bits per heavy atom. The van der Waals surface area contributed by atoms with Gasteiger partial charge in [0.05, 0.1) is 11.1 Å². The molecule has 0 bridgehead atoms. The number of hydrogen-bond acceptors (Lipinski definition) is 10. The monoisotopic (exact) mass is 424 g/mol. The Kier molecular flexibility index (Phi) is 6.93. The van der Waals surface area contributed by atoms with Crippen molar-refractivity contribution in [1.29, 1.82) is 0 Å². The van der Waals surface area contributed by atoms with E-state index in [2.05, 4.69) is 0 Å². The first-order valence-corrected chi connectivity index (χ1v) is 8.45. The largest absolute Gasteiger partial charge is 0.504 e. The summed E-state index contributed by atoms with van der Waals surface area (Å²) in [6, 6.07) is 3.43. The molecule has 0 fully saturated rings. The van der Waals surface area contributed by atoms with Crippen LogP contribution in [0.2, 0.25) is 0 Å². The van der Waals surface area contributed by atoms with Gasteiger partial charge in [-0.05, 0) is 38.1 Å². The van der Waals surface area contributed by atoms with Gasteiger partial charge in [-0.3, -0.25) is 0 Å². The summed E-state index contributed by atoms with van der Waals surface area (Å²) in [4.78, 5) is 23.4. The van der Waals surface area contributed by atoms with E-state index < -0.39 is 58.8 Å². The summed E-state index contributed by atoms with van der Waals surface area (Å²) in [7, 11) is 1.41. The maximum absolute atomic E-state index is 12.3. The number of carbonyl (C=O) groups is 2. The number of ether oxygens (including phenoxy) is 4. The SMILES string of the molecule is COC(C)OC(C)Oc1c(O)cc(C(=O)Oc2cc(C(=O)O)cc(O)c2O)cc1O. The minimum atomic E-state index is -1.43. The Bertz CT molecular complexity index is 931. The lowest BCUT2D eigenvalue weighted by atomic mass is 10.1. The van der Waals surface area contributed by atoms with Gasteiger partial charge in [-0.1, -0.05) is 0 Å². The van der Waals surface area contributed by atoms with Gasteiger partial charge in [-0.2, -0.15) is 0 Å². The lowest BCUT2D eigenvalue weighted by molar-refractivity contribution is -0.193. The first-order valence-electron chi connectivity index (χ1n) is 8.45. The van der Waals surface area contributed by atoms with Crippen LogP contribution in [0.3, 0.4) is 0 Å². The summed E-state index contributed by atoms with van der Waals surface area (Å²) in [6.07, 6.45) is -1.54. The molecule has 2 atom stereocenters. The van der Waals surface area contributed by atoms with Gasteiger partial charge in [0.1, 0.15) is 0 Å². The zero-order valence-electron chi connectivity index (χ0n) is 16.1. The molecule has 2 aromatic carbocycles. The quantitative estimate of drug-likeness (QED) is 0.182. The van der Waals surface area contributed by atoms with Crippen molar-refractivity contribution in [3.63, 3.8) is 0 Å². The second-order valence-electron chi connectivity index (χ2n) is 6.01. The van der Waals surface area contributed by atoms with Gasteiger partial charge in [-0.15, -0.1) is 0 Å². The van der Waals surface area contributed by atoms with E-state index in [4.69, 9.17) is 24.1 Å². The summed E-state index contributed by atoms with van der Waals surface area (Å²) >= 11 is 0. The highest BCUT2D eigenvalue weighted by Gasteiger charge is 2.22. The van der Waals surface area contributed by atoms with Crippen molar-refractivity contribution < 1.29 is 54.1 Å². The van der Waals surface area contributed by atoms with Crippen LogP contribution in [0.4, 0.5) is 0 Å². The molecule has 0 aromatic heterocycles. The zero-order chi connectivity index (χ0) is 22.6. The molecular formula is C19H20O11. The number of carbonyl (C=O) groups excluding carboxylic acids is 1. The molecule has 0 heterocycles. The van der Waals surface area contributed by atoms with Crippen LogP contribution in [0.1, 0.15) is 34.6 Å².